The van der Waals surface area contributed by atoms with Crippen LogP contribution in [0.25, 0.3) is 0 Å². The predicted molar refractivity (Wildman–Crippen MR) is 87.9 cm³/mol. The van der Waals surface area contributed by atoms with Crippen molar-refractivity contribution >= 4 is 21.7 Å². The summed E-state index contributed by atoms with van der Waals surface area (Å²) in [5.41, 5.74) is 1.01. The van der Waals surface area contributed by atoms with Gasteiger partial charge >= 0.3 is 5.97 Å². The van der Waals surface area contributed by atoms with E-state index < -0.39 is 15.8 Å². The monoisotopic (exact) mass is 341 g/mol. The van der Waals surface area contributed by atoms with E-state index in [4.69, 9.17) is 5.11 Å². The lowest BCUT2D eigenvalue weighted by Gasteiger charge is -2.18. The number of amides is 1. The summed E-state index contributed by atoms with van der Waals surface area (Å²) in [4.78, 5) is 22.7. The molecule has 0 aliphatic carbocycles. The number of carboxylic acid groups (broad SMARTS) is 1. The van der Waals surface area contributed by atoms with Crippen LogP contribution in [0.3, 0.4) is 0 Å². The van der Waals surface area contributed by atoms with E-state index in [2.05, 4.69) is 5.32 Å². The highest BCUT2D eigenvalue weighted by atomic mass is 32.2. The SMILES string of the molecule is CS(=O)(=O)CCCC(=O)NC(CCC(=O)O)Cc1ccccc1. The van der Waals surface area contributed by atoms with Gasteiger partial charge in [-0.3, -0.25) is 9.59 Å². The lowest BCUT2D eigenvalue weighted by Crippen LogP contribution is -2.37. The summed E-state index contributed by atoms with van der Waals surface area (Å²) in [5.74, 6) is -1.19. The Morgan fingerprint density at radius 3 is 2.39 bits per heavy atom. The van der Waals surface area contributed by atoms with Crippen molar-refractivity contribution in [2.45, 2.75) is 38.1 Å². The van der Waals surface area contributed by atoms with Gasteiger partial charge in [0.05, 0.1) is 5.75 Å². The molecule has 1 atom stereocenters. The van der Waals surface area contributed by atoms with Crippen LogP contribution in [0.4, 0.5) is 0 Å². The molecule has 6 nitrogen and oxygen atoms in total. The van der Waals surface area contributed by atoms with Crippen LogP contribution in [0.5, 0.6) is 0 Å². The average Bonchev–Trinajstić information content (AvgIpc) is 2.44. The molecule has 0 saturated carbocycles. The number of nitrogens with one attached hydrogen (secondary N) is 1. The number of carboxylic acids is 1. The molecule has 2 N–H and O–H groups in total. The Morgan fingerprint density at radius 1 is 1.17 bits per heavy atom. The molecule has 1 aromatic rings. The molecule has 0 aliphatic heterocycles. The molecule has 0 radical (unpaired) electrons. The number of sulfone groups is 1. The number of benzene rings is 1. The van der Waals surface area contributed by atoms with Crippen molar-refractivity contribution in [2.75, 3.05) is 12.0 Å². The molecule has 23 heavy (non-hydrogen) atoms. The van der Waals surface area contributed by atoms with Gasteiger partial charge in [0.15, 0.2) is 0 Å². The Labute approximate surface area is 136 Å². The van der Waals surface area contributed by atoms with Crippen LogP contribution >= 0.6 is 0 Å². The first-order valence-electron chi connectivity index (χ1n) is 7.49. The van der Waals surface area contributed by atoms with E-state index in [9.17, 15) is 18.0 Å². The molecule has 7 heteroatoms. The molecular formula is C16H23NO5S. The van der Waals surface area contributed by atoms with Crippen molar-refractivity contribution in [1.29, 1.82) is 0 Å². The van der Waals surface area contributed by atoms with Crippen molar-refractivity contribution in [3.8, 4) is 0 Å². The highest BCUT2D eigenvalue weighted by molar-refractivity contribution is 7.90. The summed E-state index contributed by atoms with van der Waals surface area (Å²) in [5, 5.41) is 11.6. The standard InChI is InChI=1S/C16H23NO5S/c1-23(21,22)11-5-8-15(18)17-14(9-10-16(19)20)12-13-6-3-2-4-7-13/h2-4,6-7,14H,5,8-12H2,1H3,(H,17,18)(H,19,20). The van der Waals surface area contributed by atoms with Gasteiger partial charge in [-0.05, 0) is 24.8 Å². The Kier molecular flexibility index (Phi) is 7.74. The molecule has 0 saturated heterocycles. The maximum atomic E-state index is 11.9. The van der Waals surface area contributed by atoms with Crippen molar-refractivity contribution in [1.82, 2.24) is 5.32 Å². The molecule has 0 spiro atoms. The van der Waals surface area contributed by atoms with E-state index >= 15 is 0 Å². The number of rotatable bonds is 10. The second kappa shape index (κ2) is 9.29. The van der Waals surface area contributed by atoms with Gasteiger partial charge in [-0.15, -0.1) is 0 Å². The van der Waals surface area contributed by atoms with Crippen LogP contribution in [-0.4, -0.2) is 43.5 Å². The third-order valence-electron chi connectivity index (χ3n) is 3.32. The zero-order valence-electron chi connectivity index (χ0n) is 13.2. The van der Waals surface area contributed by atoms with Crippen molar-refractivity contribution in [2.24, 2.45) is 0 Å². The van der Waals surface area contributed by atoms with Crippen LogP contribution in [0.15, 0.2) is 30.3 Å². The first-order valence-corrected chi connectivity index (χ1v) is 9.55. The summed E-state index contributed by atoms with van der Waals surface area (Å²) in [7, 11) is -3.08. The summed E-state index contributed by atoms with van der Waals surface area (Å²) < 4.78 is 22.1. The highest BCUT2D eigenvalue weighted by Crippen LogP contribution is 2.08. The van der Waals surface area contributed by atoms with Gasteiger partial charge in [0.2, 0.25) is 5.91 Å². The quantitative estimate of drug-likeness (QED) is 0.670. The summed E-state index contributed by atoms with van der Waals surface area (Å²) in [6.07, 6.45) is 2.37. The van der Waals surface area contributed by atoms with E-state index in [1.165, 1.54) is 0 Å². The van der Waals surface area contributed by atoms with E-state index in [0.717, 1.165) is 11.8 Å². The minimum Gasteiger partial charge on any atom is -0.481 e. The molecule has 0 aromatic heterocycles. The van der Waals surface area contributed by atoms with E-state index in [-0.39, 0.29) is 37.0 Å². The molecule has 0 heterocycles. The predicted octanol–water partition coefficient (Wildman–Crippen LogP) is 1.40. The fourth-order valence-corrected chi connectivity index (χ4v) is 2.89. The third-order valence-corrected chi connectivity index (χ3v) is 4.35. The first-order chi connectivity index (χ1) is 10.8. The molecule has 0 bridgehead atoms. The Bertz CT molecular complexity index is 613. The van der Waals surface area contributed by atoms with Gasteiger partial charge in [0.25, 0.3) is 0 Å². The van der Waals surface area contributed by atoms with E-state index in [1.807, 2.05) is 30.3 Å². The Morgan fingerprint density at radius 2 is 1.83 bits per heavy atom. The molecule has 1 aromatic carbocycles. The fourth-order valence-electron chi connectivity index (χ4n) is 2.22. The van der Waals surface area contributed by atoms with Crippen LogP contribution in [0, 0.1) is 0 Å². The maximum Gasteiger partial charge on any atom is 0.303 e. The topological polar surface area (TPSA) is 101 Å². The first kappa shape index (κ1) is 19.2. The van der Waals surface area contributed by atoms with Crippen molar-refractivity contribution < 1.29 is 23.1 Å². The number of hydrogen-bond acceptors (Lipinski definition) is 4. The summed E-state index contributed by atoms with van der Waals surface area (Å²) in [6, 6.07) is 9.22. The molecular weight excluding hydrogens is 318 g/mol. The molecule has 128 valence electrons. The van der Waals surface area contributed by atoms with Gasteiger partial charge in [-0.2, -0.15) is 0 Å². The van der Waals surface area contributed by atoms with Crippen LogP contribution in [0.2, 0.25) is 0 Å². The Hall–Kier alpha value is -1.89. The van der Waals surface area contributed by atoms with Gasteiger partial charge in [-0.25, -0.2) is 8.42 Å². The largest absolute Gasteiger partial charge is 0.481 e. The minimum absolute atomic E-state index is 0.0267. The smallest absolute Gasteiger partial charge is 0.303 e. The number of carbonyl (C=O) groups is 2. The summed E-state index contributed by atoms with van der Waals surface area (Å²) in [6.45, 7) is 0. The lowest BCUT2D eigenvalue weighted by atomic mass is 10.0. The van der Waals surface area contributed by atoms with Gasteiger partial charge < -0.3 is 10.4 Å². The highest BCUT2D eigenvalue weighted by Gasteiger charge is 2.15. The lowest BCUT2D eigenvalue weighted by molar-refractivity contribution is -0.137. The molecule has 1 rings (SSSR count). The van der Waals surface area contributed by atoms with Crippen molar-refractivity contribution in [3.05, 3.63) is 35.9 Å². The number of carbonyl (C=O) groups excluding carboxylic acids is 1. The van der Waals surface area contributed by atoms with Crippen LogP contribution < -0.4 is 5.32 Å². The maximum absolute atomic E-state index is 11.9. The Balaban J connectivity index is 2.54. The second-order valence-electron chi connectivity index (χ2n) is 5.62. The molecule has 0 fully saturated rings. The molecule has 1 unspecified atom stereocenters. The second-order valence-corrected chi connectivity index (χ2v) is 7.88. The summed E-state index contributed by atoms with van der Waals surface area (Å²) >= 11 is 0. The zero-order valence-corrected chi connectivity index (χ0v) is 14.0. The van der Waals surface area contributed by atoms with Gasteiger partial charge in [-0.1, -0.05) is 30.3 Å². The van der Waals surface area contributed by atoms with Gasteiger partial charge in [0.1, 0.15) is 9.84 Å². The fraction of sp³-hybridized carbons (Fsp3) is 0.500. The zero-order chi connectivity index (χ0) is 17.3. The normalized spacial score (nSPS) is 12.6. The van der Waals surface area contributed by atoms with Crippen LogP contribution in [-0.2, 0) is 25.8 Å². The molecule has 0 aliphatic rings. The minimum atomic E-state index is -3.08. The van der Waals surface area contributed by atoms with E-state index in [1.54, 1.807) is 0 Å². The van der Waals surface area contributed by atoms with E-state index in [0.29, 0.717) is 12.8 Å². The number of aliphatic carboxylic acids is 1. The molecule has 1 amide bonds. The number of hydrogen-bond donors (Lipinski definition) is 2. The van der Waals surface area contributed by atoms with Crippen LogP contribution in [0.1, 0.15) is 31.2 Å². The van der Waals surface area contributed by atoms with Crippen molar-refractivity contribution in [3.63, 3.8) is 0 Å². The third kappa shape index (κ3) is 9.67. The van der Waals surface area contributed by atoms with Gasteiger partial charge in [0, 0.05) is 25.1 Å². The average molecular weight is 341 g/mol.